The van der Waals surface area contributed by atoms with Gasteiger partial charge < -0.3 is 38.6 Å². The quantitative estimate of drug-likeness (QED) is 0.303. The second-order valence-corrected chi connectivity index (χ2v) is 4.56. The Labute approximate surface area is 138 Å². The first-order chi connectivity index (χ1) is 11.3. The average molecular weight is 340 g/mol. The highest BCUT2D eigenvalue weighted by Gasteiger charge is 2.04. The minimum absolute atomic E-state index is 0.0163. The summed E-state index contributed by atoms with van der Waals surface area (Å²) in [4.78, 5) is 0. The number of hydrogen-bond donors (Lipinski definition) is 2. The summed E-state index contributed by atoms with van der Waals surface area (Å²) in [6, 6.07) is 0. The van der Waals surface area contributed by atoms with Gasteiger partial charge in [0.25, 0.3) is 0 Å². The number of hydrogen-bond acceptors (Lipinski definition) is 8. The van der Waals surface area contributed by atoms with Gasteiger partial charge in [-0.25, -0.2) is 0 Å². The third-order valence-electron chi connectivity index (χ3n) is 2.55. The van der Waals surface area contributed by atoms with Crippen LogP contribution in [0.5, 0.6) is 0 Å². The molecule has 0 fully saturated rings. The minimum atomic E-state index is -0.661. The normalized spacial score (nSPS) is 12.7. The molecule has 8 heteroatoms. The van der Waals surface area contributed by atoms with Gasteiger partial charge in [-0.3, -0.25) is 0 Å². The Morgan fingerprint density at radius 3 is 1.43 bits per heavy atom. The zero-order valence-electron chi connectivity index (χ0n) is 14.1. The molecule has 0 aromatic heterocycles. The summed E-state index contributed by atoms with van der Waals surface area (Å²) in [5, 5.41) is 18.1. The summed E-state index contributed by atoms with van der Waals surface area (Å²) in [5.74, 6) is 0. The van der Waals surface area contributed by atoms with Crippen LogP contribution in [0, 0.1) is 0 Å². The standard InChI is InChI=1S/C15H32O8/c1-2-18-5-6-20-9-11-22-13-15(17)14-23-12-10-21-8-7-19-4-3-16/h15-17H,2-14H2,1H3. The van der Waals surface area contributed by atoms with Gasteiger partial charge in [0.05, 0.1) is 79.3 Å². The van der Waals surface area contributed by atoms with Crippen LogP contribution in [0.25, 0.3) is 0 Å². The van der Waals surface area contributed by atoms with E-state index in [1.807, 2.05) is 6.92 Å². The first kappa shape index (κ1) is 22.7. The maximum absolute atomic E-state index is 9.63. The second kappa shape index (κ2) is 19.7. The van der Waals surface area contributed by atoms with E-state index in [1.165, 1.54) is 0 Å². The Bertz CT molecular complexity index is 218. The Morgan fingerprint density at radius 2 is 1.00 bits per heavy atom. The largest absolute Gasteiger partial charge is 0.394 e. The van der Waals surface area contributed by atoms with E-state index in [0.29, 0.717) is 66.1 Å². The lowest BCUT2D eigenvalue weighted by atomic mass is 10.4. The molecule has 0 heterocycles. The Kier molecular flexibility index (Phi) is 19.5. The van der Waals surface area contributed by atoms with Crippen LogP contribution in [0.1, 0.15) is 6.92 Å². The van der Waals surface area contributed by atoms with Gasteiger partial charge in [0.1, 0.15) is 6.10 Å². The van der Waals surface area contributed by atoms with Crippen LogP contribution in [-0.2, 0) is 28.4 Å². The van der Waals surface area contributed by atoms with Crippen molar-refractivity contribution in [2.45, 2.75) is 13.0 Å². The lowest BCUT2D eigenvalue weighted by Crippen LogP contribution is -2.24. The fourth-order valence-electron chi connectivity index (χ4n) is 1.47. The molecule has 0 aliphatic rings. The highest BCUT2D eigenvalue weighted by atomic mass is 16.6. The molecule has 0 rings (SSSR count). The summed E-state index contributed by atoms with van der Waals surface area (Å²) in [6.07, 6.45) is -0.661. The zero-order valence-corrected chi connectivity index (χ0v) is 14.1. The summed E-state index contributed by atoms with van der Waals surface area (Å²) in [5.41, 5.74) is 0. The smallest absolute Gasteiger partial charge is 0.101 e. The maximum atomic E-state index is 9.63. The van der Waals surface area contributed by atoms with Crippen molar-refractivity contribution in [3.05, 3.63) is 0 Å². The van der Waals surface area contributed by atoms with Gasteiger partial charge in [-0.1, -0.05) is 0 Å². The molecule has 0 saturated heterocycles. The molecule has 0 bridgehead atoms. The van der Waals surface area contributed by atoms with Crippen LogP contribution >= 0.6 is 0 Å². The first-order valence-corrected chi connectivity index (χ1v) is 8.06. The molecular weight excluding hydrogens is 308 g/mol. The van der Waals surface area contributed by atoms with Crippen molar-refractivity contribution in [1.29, 1.82) is 0 Å². The van der Waals surface area contributed by atoms with Crippen molar-refractivity contribution >= 4 is 0 Å². The first-order valence-electron chi connectivity index (χ1n) is 8.06. The molecule has 0 aromatic rings. The molecule has 23 heavy (non-hydrogen) atoms. The second-order valence-electron chi connectivity index (χ2n) is 4.56. The topological polar surface area (TPSA) is 95.8 Å². The summed E-state index contributed by atoms with van der Waals surface area (Å²) < 4.78 is 31.2. The molecule has 8 nitrogen and oxygen atoms in total. The molecule has 0 amide bonds. The van der Waals surface area contributed by atoms with Crippen LogP contribution < -0.4 is 0 Å². The predicted octanol–water partition coefficient (Wildman–Crippen LogP) is -0.541. The molecule has 0 aromatic carbocycles. The van der Waals surface area contributed by atoms with Crippen LogP contribution in [-0.4, -0.2) is 102 Å². The van der Waals surface area contributed by atoms with E-state index in [1.54, 1.807) is 0 Å². The van der Waals surface area contributed by atoms with E-state index in [2.05, 4.69) is 0 Å². The molecule has 0 aliphatic heterocycles. The molecule has 0 saturated carbocycles. The van der Waals surface area contributed by atoms with Crippen molar-refractivity contribution in [3.63, 3.8) is 0 Å². The van der Waals surface area contributed by atoms with E-state index in [4.69, 9.17) is 33.5 Å². The van der Waals surface area contributed by atoms with E-state index < -0.39 is 6.10 Å². The predicted molar refractivity (Wildman–Crippen MR) is 83.7 cm³/mol. The molecule has 0 spiro atoms. The van der Waals surface area contributed by atoms with Gasteiger partial charge in [-0.15, -0.1) is 0 Å². The van der Waals surface area contributed by atoms with Crippen LogP contribution in [0.4, 0.5) is 0 Å². The van der Waals surface area contributed by atoms with E-state index in [-0.39, 0.29) is 19.8 Å². The molecule has 2 N–H and O–H groups in total. The van der Waals surface area contributed by atoms with Gasteiger partial charge in [-0.05, 0) is 6.92 Å². The number of rotatable bonds is 19. The zero-order chi connectivity index (χ0) is 17.0. The SMILES string of the molecule is CCOCCOCCOCC(O)COCCOCCOCCO. The Hall–Kier alpha value is -0.320. The Morgan fingerprint density at radius 1 is 0.609 bits per heavy atom. The number of aliphatic hydroxyl groups is 2. The number of aliphatic hydroxyl groups excluding tert-OH is 2. The molecule has 0 aliphatic carbocycles. The van der Waals surface area contributed by atoms with E-state index in [9.17, 15) is 5.11 Å². The van der Waals surface area contributed by atoms with Gasteiger partial charge in [0.2, 0.25) is 0 Å². The molecule has 140 valence electrons. The van der Waals surface area contributed by atoms with E-state index >= 15 is 0 Å². The average Bonchev–Trinajstić information content (AvgIpc) is 2.56. The monoisotopic (exact) mass is 340 g/mol. The van der Waals surface area contributed by atoms with Gasteiger partial charge in [-0.2, -0.15) is 0 Å². The Balaban J connectivity index is 3.11. The summed E-state index contributed by atoms with van der Waals surface area (Å²) in [6.45, 7) is 7.17. The highest BCUT2D eigenvalue weighted by Crippen LogP contribution is 1.89. The molecule has 0 radical (unpaired) electrons. The summed E-state index contributed by atoms with van der Waals surface area (Å²) >= 11 is 0. The van der Waals surface area contributed by atoms with Crippen molar-refractivity contribution in [2.24, 2.45) is 0 Å². The highest BCUT2D eigenvalue weighted by molar-refractivity contribution is 4.51. The van der Waals surface area contributed by atoms with Crippen LogP contribution in [0.15, 0.2) is 0 Å². The van der Waals surface area contributed by atoms with Crippen molar-refractivity contribution < 1.29 is 38.6 Å². The number of ether oxygens (including phenoxy) is 6. The minimum Gasteiger partial charge on any atom is -0.394 e. The van der Waals surface area contributed by atoms with Crippen LogP contribution in [0.3, 0.4) is 0 Å². The van der Waals surface area contributed by atoms with Gasteiger partial charge >= 0.3 is 0 Å². The molecular formula is C15H32O8. The molecule has 1 unspecified atom stereocenters. The summed E-state index contributed by atoms with van der Waals surface area (Å²) in [7, 11) is 0. The lowest BCUT2D eigenvalue weighted by molar-refractivity contribution is -0.0471. The maximum Gasteiger partial charge on any atom is 0.101 e. The van der Waals surface area contributed by atoms with Crippen molar-refractivity contribution in [2.75, 3.05) is 85.9 Å². The third-order valence-corrected chi connectivity index (χ3v) is 2.55. The van der Waals surface area contributed by atoms with Crippen molar-refractivity contribution in [1.82, 2.24) is 0 Å². The van der Waals surface area contributed by atoms with E-state index in [0.717, 1.165) is 0 Å². The lowest BCUT2D eigenvalue weighted by Gasteiger charge is -2.12. The fourth-order valence-corrected chi connectivity index (χ4v) is 1.47. The van der Waals surface area contributed by atoms with Crippen molar-refractivity contribution in [3.8, 4) is 0 Å². The molecule has 1 atom stereocenters. The van der Waals surface area contributed by atoms with Gasteiger partial charge in [0.15, 0.2) is 0 Å². The van der Waals surface area contributed by atoms with Crippen LogP contribution in [0.2, 0.25) is 0 Å². The van der Waals surface area contributed by atoms with Gasteiger partial charge in [0, 0.05) is 6.61 Å². The third kappa shape index (κ3) is 19.6. The fraction of sp³-hybridized carbons (Fsp3) is 1.00.